The van der Waals surface area contributed by atoms with Gasteiger partial charge >= 0.3 is 5.91 Å². The highest BCUT2D eigenvalue weighted by atomic mass is 35.5. The Morgan fingerprint density at radius 1 is 1.05 bits per heavy atom. The first kappa shape index (κ1) is 24.8. The number of amides is 1. The number of benzene rings is 3. The minimum absolute atomic E-state index is 0.0765. The number of halogens is 1. The molecule has 1 amide bonds. The van der Waals surface area contributed by atoms with Crippen molar-refractivity contribution < 1.29 is 24.2 Å². The lowest BCUT2D eigenvalue weighted by molar-refractivity contribution is -0.132. The molecule has 188 valence electrons. The van der Waals surface area contributed by atoms with E-state index in [9.17, 15) is 14.7 Å². The molecule has 37 heavy (non-hydrogen) atoms. The Labute approximate surface area is 222 Å². The fourth-order valence-electron chi connectivity index (χ4n) is 4.42. The molecule has 1 N–H and O–H groups in total. The van der Waals surface area contributed by atoms with Gasteiger partial charge in [-0.15, -0.1) is 0 Å². The smallest absolute Gasteiger partial charge is 0.301 e. The summed E-state index contributed by atoms with van der Waals surface area (Å²) < 4.78 is 11.9. The molecule has 2 heterocycles. The number of rotatable bonds is 6. The largest absolute Gasteiger partial charge is 0.507 e. The number of fused-ring (bicyclic) bond motifs is 1. The Balaban J connectivity index is 1.77. The van der Waals surface area contributed by atoms with Crippen LogP contribution in [0.25, 0.3) is 16.0 Å². The van der Waals surface area contributed by atoms with Crippen molar-refractivity contribution in [1.29, 1.82) is 0 Å². The highest BCUT2D eigenvalue weighted by Gasteiger charge is 2.49. The van der Waals surface area contributed by atoms with Gasteiger partial charge in [0.2, 0.25) is 0 Å². The van der Waals surface area contributed by atoms with Crippen molar-refractivity contribution in [3.05, 3.63) is 87.9 Å². The monoisotopic (exact) mass is 534 g/mol. The van der Waals surface area contributed by atoms with Crippen molar-refractivity contribution in [1.82, 2.24) is 4.98 Å². The van der Waals surface area contributed by atoms with Gasteiger partial charge in [-0.2, -0.15) is 0 Å². The molecule has 3 aromatic carbocycles. The predicted molar refractivity (Wildman–Crippen MR) is 145 cm³/mol. The third kappa shape index (κ3) is 4.32. The molecule has 9 heteroatoms. The van der Waals surface area contributed by atoms with Gasteiger partial charge in [0, 0.05) is 16.1 Å². The van der Waals surface area contributed by atoms with Gasteiger partial charge < -0.3 is 14.6 Å². The van der Waals surface area contributed by atoms with Crippen LogP contribution in [0.5, 0.6) is 11.5 Å². The quantitative estimate of drug-likeness (QED) is 0.181. The zero-order valence-electron chi connectivity index (χ0n) is 20.3. The molecule has 1 aliphatic rings. The molecule has 1 atom stereocenters. The van der Waals surface area contributed by atoms with Gasteiger partial charge in [0.25, 0.3) is 5.78 Å². The average molecular weight is 535 g/mol. The second kappa shape index (κ2) is 9.88. The van der Waals surface area contributed by atoms with E-state index in [2.05, 4.69) is 11.9 Å². The van der Waals surface area contributed by atoms with Crippen LogP contribution in [0.3, 0.4) is 0 Å². The number of ether oxygens (including phenoxy) is 2. The normalized spacial score (nSPS) is 17.0. The van der Waals surface area contributed by atoms with Crippen LogP contribution in [-0.2, 0) is 16.0 Å². The SMILES string of the molecule is CCc1ccc2nc(N3C(=O)C(=O)/C(=C(/O)c4ccc(Cl)cc4)[C@H]3c3cc(OC)ccc3OC)sc2c1. The van der Waals surface area contributed by atoms with E-state index in [1.807, 2.05) is 18.2 Å². The Bertz CT molecular complexity index is 1560. The lowest BCUT2D eigenvalue weighted by atomic mass is 9.94. The summed E-state index contributed by atoms with van der Waals surface area (Å²) in [5.74, 6) is -1.00. The number of hydrogen-bond donors (Lipinski definition) is 1. The number of methoxy groups -OCH3 is 2. The summed E-state index contributed by atoms with van der Waals surface area (Å²) in [7, 11) is 3.02. The number of hydrogen-bond acceptors (Lipinski definition) is 7. The molecule has 0 aliphatic carbocycles. The van der Waals surface area contributed by atoms with Crippen LogP contribution in [0.15, 0.2) is 66.2 Å². The summed E-state index contributed by atoms with van der Waals surface area (Å²) in [5.41, 5.74) is 2.61. The van der Waals surface area contributed by atoms with Gasteiger partial charge in [-0.05, 0) is 66.6 Å². The molecule has 0 saturated carbocycles. The fourth-order valence-corrected chi connectivity index (χ4v) is 5.60. The second-order valence-electron chi connectivity index (χ2n) is 8.44. The van der Waals surface area contributed by atoms with Crippen molar-refractivity contribution >= 4 is 55.7 Å². The molecular weight excluding hydrogens is 512 g/mol. The predicted octanol–water partition coefficient (Wildman–Crippen LogP) is 6.16. The Hall–Kier alpha value is -3.88. The zero-order valence-corrected chi connectivity index (χ0v) is 21.9. The lowest BCUT2D eigenvalue weighted by Crippen LogP contribution is -2.29. The highest BCUT2D eigenvalue weighted by Crippen LogP contribution is 2.47. The third-order valence-corrected chi connectivity index (χ3v) is 7.62. The minimum atomic E-state index is -1.01. The number of ketones is 1. The fraction of sp³-hybridized carbons (Fsp3) is 0.179. The number of carbonyl (C=O) groups excluding carboxylic acids is 2. The number of thiazole rings is 1. The van der Waals surface area contributed by atoms with Crippen LogP contribution in [-0.4, -0.2) is 36.0 Å². The number of anilines is 1. The maximum atomic E-state index is 13.5. The standard InChI is InChI=1S/C28H23ClN2O5S/c1-4-15-5-11-20-22(13-15)37-28(30-20)31-24(19-14-18(35-2)10-12-21(19)36-3)23(26(33)27(31)34)25(32)16-6-8-17(29)9-7-16/h5-14,24,32H,4H2,1-3H3/b25-23+/t24-/m1/s1. The topological polar surface area (TPSA) is 89.0 Å². The van der Waals surface area contributed by atoms with Crippen molar-refractivity contribution in [2.45, 2.75) is 19.4 Å². The van der Waals surface area contributed by atoms with E-state index in [4.69, 9.17) is 21.1 Å². The van der Waals surface area contributed by atoms with Gasteiger partial charge in [-0.3, -0.25) is 14.5 Å². The van der Waals surface area contributed by atoms with Crippen LogP contribution in [0.2, 0.25) is 5.02 Å². The van der Waals surface area contributed by atoms with E-state index in [-0.39, 0.29) is 11.3 Å². The van der Waals surface area contributed by atoms with Gasteiger partial charge in [0.1, 0.15) is 23.3 Å². The van der Waals surface area contributed by atoms with Crippen molar-refractivity contribution in [2.75, 3.05) is 19.1 Å². The van der Waals surface area contributed by atoms with E-state index >= 15 is 0 Å². The summed E-state index contributed by atoms with van der Waals surface area (Å²) in [6, 6.07) is 16.4. The summed E-state index contributed by atoms with van der Waals surface area (Å²) in [6.07, 6.45) is 0.857. The molecule has 0 spiro atoms. The molecule has 1 aliphatic heterocycles. The number of nitrogens with zero attached hydrogens (tertiary/aromatic N) is 2. The number of aryl methyl sites for hydroxylation is 1. The zero-order chi connectivity index (χ0) is 26.3. The van der Waals surface area contributed by atoms with Crippen LogP contribution in [0.1, 0.15) is 29.7 Å². The Morgan fingerprint density at radius 2 is 1.81 bits per heavy atom. The first-order chi connectivity index (χ1) is 17.9. The first-order valence-electron chi connectivity index (χ1n) is 11.5. The molecule has 0 radical (unpaired) electrons. The summed E-state index contributed by atoms with van der Waals surface area (Å²) in [5, 5.41) is 12.2. The average Bonchev–Trinajstić information content (AvgIpc) is 3.45. The van der Waals surface area contributed by atoms with Gasteiger partial charge in [0.15, 0.2) is 5.13 Å². The maximum absolute atomic E-state index is 13.5. The number of aliphatic hydroxyl groups is 1. The van der Waals surface area contributed by atoms with E-state index in [1.165, 1.54) is 30.5 Å². The molecular formula is C28H23ClN2O5S. The summed E-state index contributed by atoms with van der Waals surface area (Å²) in [4.78, 5) is 33.1. The molecule has 7 nitrogen and oxygen atoms in total. The molecule has 0 bridgehead atoms. The molecule has 0 unspecified atom stereocenters. The number of carbonyl (C=O) groups is 2. The van der Waals surface area contributed by atoms with Crippen molar-refractivity contribution in [2.24, 2.45) is 0 Å². The molecule has 1 saturated heterocycles. The molecule has 1 fully saturated rings. The van der Waals surface area contributed by atoms with Crippen molar-refractivity contribution in [3.63, 3.8) is 0 Å². The van der Waals surface area contributed by atoms with Crippen LogP contribution >= 0.6 is 22.9 Å². The number of Topliss-reactive ketones (excluding diaryl/α,β-unsaturated/α-hetero) is 1. The number of aliphatic hydroxyl groups excluding tert-OH is 1. The van der Waals surface area contributed by atoms with Gasteiger partial charge in [-0.25, -0.2) is 4.98 Å². The van der Waals surface area contributed by atoms with E-state index in [1.54, 1.807) is 42.5 Å². The number of aromatic nitrogens is 1. The Kier molecular flexibility index (Phi) is 6.62. The summed E-state index contributed by atoms with van der Waals surface area (Å²) >= 11 is 7.34. The van der Waals surface area contributed by atoms with Crippen LogP contribution in [0, 0.1) is 0 Å². The third-order valence-electron chi connectivity index (χ3n) is 6.35. The molecule has 1 aromatic heterocycles. The molecule has 5 rings (SSSR count). The van der Waals surface area contributed by atoms with Gasteiger partial charge in [0.05, 0.1) is 30.0 Å². The van der Waals surface area contributed by atoms with E-state index < -0.39 is 17.7 Å². The second-order valence-corrected chi connectivity index (χ2v) is 9.88. The van der Waals surface area contributed by atoms with E-state index in [0.717, 1.165) is 16.7 Å². The first-order valence-corrected chi connectivity index (χ1v) is 12.7. The maximum Gasteiger partial charge on any atom is 0.301 e. The van der Waals surface area contributed by atoms with Crippen LogP contribution in [0.4, 0.5) is 5.13 Å². The minimum Gasteiger partial charge on any atom is -0.507 e. The van der Waals surface area contributed by atoms with Crippen LogP contribution < -0.4 is 14.4 Å². The lowest BCUT2D eigenvalue weighted by Gasteiger charge is -2.25. The van der Waals surface area contributed by atoms with Crippen molar-refractivity contribution in [3.8, 4) is 11.5 Å². The highest BCUT2D eigenvalue weighted by molar-refractivity contribution is 7.22. The molecule has 4 aromatic rings. The van der Waals surface area contributed by atoms with Gasteiger partial charge in [-0.1, -0.05) is 35.9 Å². The van der Waals surface area contributed by atoms with E-state index in [0.29, 0.717) is 38.3 Å². The Morgan fingerprint density at radius 3 is 2.49 bits per heavy atom. The summed E-state index contributed by atoms with van der Waals surface area (Å²) in [6.45, 7) is 2.06.